The van der Waals surface area contributed by atoms with Gasteiger partial charge in [0.2, 0.25) is 0 Å². The first-order valence-electron chi connectivity index (χ1n) is 3.79. The first-order chi connectivity index (χ1) is 5.66. The molecule has 0 unspecified atom stereocenters. The second-order valence-corrected chi connectivity index (χ2v) is 3.18. The summed E-state index contributed by atoms with van der Waals surface area (Å²) in [6.45, 7) is 4.35. The van der Waals surface area contributed by atoms with Gasteiger partial charge in [-0.15, -0.1) is 11.6 Å². The van der Waals surface area contributed by atoms with Gasteiger partial charge in [-0.1, -0.05) is 19.0 Å². The van der Waals surface area contributed by atoms with Gasteiger partial charge in [-0.05, 0) is 0 Å². The maximum absolute atomic E-state index is 11.0. The van der Waals surface area contributed by atoms with Crippen LogP contribution in [0.25, 0.3) is 0 Å². The zero-order valence-electron chi connectivity index (χ0n) is 7.08. The Hall–Kier alpha value is -0.770. The smallest absolute Gasteiger partial charge is 0.296 e. The average Bonchev–Trinajstić information content (AvgIpc) is 2.34. The Morgan fingerprint density at radius 1 is 1.67 bits per heavy atom. The van der Waals surface area contributed by atoms with Crippen molar-refractivity contribution in [1.29, 1.82) is 0 Å². The van der Waals surface area contributed by atoms with Crippen molar-refractivity contribution in [2.24, 2.45) is 0 Å². The number of nitrogens with zero attached hydrogens (tertiary/aromatic N) is 2. The second kappa shape index (κ2) is 3.76. The van der Waals surface area contributed by atoms with E-state index in [4.69, 9.17) is 11.6 Å². The van der Waals surface area contributed by atoms with Gasteiger partial charge < -0.3 is 0 Å². The minimum absolute atomic E-state index is 0.180. The molecule has 0 N–H and O–H groups in total. The molecule has 0 aliphatic rings. The monoisotopic (exact) mass is 190 g/mol. The molecule has 0 bridgehead atoms. The summed E-state index contributed by atoms with van der Waals surface area (Å²) in [5.41, 5.74) is 0. The zero-order valence-corrected chi connectivity index (χ0v) is 7.84. The van der Waals surface area contributed by atoms with Crippen molar-refractivity contribution in [3.05, 3.63) is 16.4 Å². The minimum Gasteiger partial charge on any atom is -0.296 e. The molecule has 5 heteroatoms. The van der Waals surface area contributed by atoms with E-state index in [1.165, 1.54) is 4.57 Å². The molecule has 1 aromatic heterocycles. The SMILES string of the molecule is CC(C)c1noc(=O)n1CCCl. The summed E-state index contributed by atoms with van der Waals surface area (Å²) in [5, 5.41) is 3.65. The minimum atomic E-state index is -0.431. The van der Waals surface area contributed by atoms with Crippen LogP contribution in [0.5, 0.6) is 0 Å². The van der Waals surface area contributed by atoms with Crippen LogP contribution in [0.1, 0.15) is 25.6 Å². The normalized spacial score (nSPS) is 11.0. The highest BCUT2D eigenvalue weighted by Crippen LogP contribution is 2.08. The largest absolute Gasteiger partial charge is 0.441 e. The van der Waals surface area contributed by atoms with Gasteiger partial charge in [0, 0.05) is 18.3 Å². The Bertz CT molecular complexity index is 303. The van der Waals surface area contributed by atoms with E-state index in [2.05, 4.69) is 9.68 Å². The van der Waals surface area contributed by atoms with Gasteiger partial charge in [0.15, 0.2) is 5.82 Å². The molecule has 1 aromatic rings. The third-order valence-electron chi connectivity index (χ3n) is 1.54. The first kappa shape index (κ1) is 9.32. The number of hydrogen-bond donors (Lipinski definition) is 0. The lowest BCUT2D eigenvalue weighted by Gasteiger charge is -2.03. The summed E-state index contributed by atoms with van der Waals surface area (Å²) in [4.78, 5) is 11.0. The molecule has 68 valence electrons. The van der Waals surface area contributed by atoms with Gasteiger partial charge in [-0.2, -0.15) is 0 Å². The van der Waals surface area contributed by atoms with E-state index in [-0.39, 0.29) is 5.92 Å². The lowest BCUT2D eigenvalue weighted by Crippen LogP contribution is -2.18. The van der Waals surface area contributed by atoms with Crippen molar-refractivity contribution in [2.75, 3.05) is 5.88 Å². The molecule has 0 fully saturated rings. The van der Waals surface area contributed by atoms with Crippen LogP contribution in [0.15, 0.2) is 9.32 Å². The fraction of sp³-hybridized carbons (Fsp3) is 0.714. The highest BCUT2D eigenvalue weighted by atomic mass is 35.5. The summed E-state index contributed by atoms with van der Waals surface area (Å²) in [6, 6.07) is 0. The maximum Gasteiger partial charge on any atom is 0.441 e. The molecule has 0 spiro atoms. The number of halogens is 1. The Labute approximate surface area is 75.1 Å². The topological polar surface area (TPSA) is 48.0 Å². The van der Waals surface area contributed by atoms with Crippen molar-refractivity contribution >= 4 is 11.6 Å². The van der Waals surface area contributed by atoms with E-state index >= 15 is 0 Å². The van der Waals surface area contributed by atoms with E-state index in [1.54, 1.807) is 0 Å². The molecule has 0 aliphatic carbocycles. The fourth-order valence-corrected chi connectivity index (χ4v) is 1.15. The standard InChI is InChI=1S/C7H11ClN2O2/c1-5(2)6-9-12-7(11)10(6)4-3-8/h5H,3-4H2,1-2H3. The summed E-state index contributed by atoms with van der Waals surface area (Å²) >= 11 is 5.51. The van der Waals surface area contributed by atoms with Gasteiger partial charge in [0.05, 0.1) is 0 Å². The average molecular weight is 191 g/mol. The summed E-state index contributed by atoms with van der Waals surface area (Å²) in [7, 11) is 0. The second-order valence-electron chi connectivity index (χ2n) is 2.80. The Kier molecular flexibility index (Phi) is 2.92. The Morgan fingerprint density at radius 3 is 2.83 bits per heavy atom. The van der Waals surface area contributed by atoms with Crippen LogP contribution in [-0.2, 0) is 6.54 Å². The lowest BCUT2D eigenvalue weighted by molar-refractivity contribution is 0.373. The van der Waals surface area contributed by atoms with Crippen LogP contribution >= 0.6 is 11.6 Å². The number of hydrogen-bond acceptors (Lipinski definition) is 3. The lowest BCUT2D eigenvalue weighted by atomic mass is 10.2. The van der Waals surface area contributed by atoms with E-state index in [0.29, 0.717) is 18.2 Å². The molecule has 0 aliphatic heterocycles. The molecule has 12 heavy (non-hydrogen) atoms. The van der Waals surface area contributed by atoms with Crippen LogP contribution in [-0.4, -0.2) is 15.6 Å². The van der Waals surface area contributed by atoms with E-state index in [0.717, 1.165) is 0 Å². The highest BCUT2D eigenvalue weighted by molar-refractivity contribution is 6.17. The molecular formula is C7H11ClN2O2. The van der Waals surface area contributed by atoms with Crippen molar-refractivity contribution in [3.8, 4) is 0 Å². The predicted molar refractivity (Wildman–Crippen MR) is 45.6 cm³/mol. The quantitative estimate of drug-likeness (QED) is 0.673. The van der Waals surface area contributed by atoms with Gasteiger partial charge in [-0.25, -0.2) is 4.79 Å². The van der Waals surface area contributed by atoms with Gasteiger partial charge >= 0.3 is 5.76 Å². The third kappa shape index (κ3) is 1.69. The molecule has 4 nitrogen and oxygen atoms in total. The van der Waals surface area contributed by atoms with E-state index in [9.17, 15) is 4.79 Å². The van der Waals surface area contributed by atoms with Crippen molar-refractivity contribution < 1.29 is 4.52 Å². The molecule has 0 atom stereocenters. The molecule has 0 saturated carbocycles. The van der Waals surface area contributed by atoms with Crippen LogP contribution in [0.4, 0.5) is 0 Å². The van der Waals surface area contributed by atoms with Gasteiger partial charge in [-0.3, -0.25) is 9.09 Å². The molecule has 0 amide bonds. The summed E-state index contributed by atoms with van der Waals surface area (Å²) in [5.74, 6) is 0.792. The molecule has 0 saturated heterocycles. The summed E-state index contributed by atoms with van der Waals surface area (Å²) < 4.78 is 5.96. The van der Waals surface area contributed by atoms with Crippen LogP contribution in [0.2, 0.25) is 0 Å². The van der Waals surface area contributed by atoms with Crippen LogP contribution in [0, 0.1) is 0 Å². The molecule has 0 aromatic carbocycles. The molecule has 1 heterocycles. The molecular weight excluding hydrogens is 180 g/mol. The Morgan fingerprint density at radius 2 is 2.33 bits per heavy atom. The highest BCUT2D eigenvalue weighted by Gasteiger charge is 2.12. The van der Waals surface area contributed by atoms with Crippen molar-refractivity contribution in [1.82, 2.24) is 9.72 Å². The molecule has 0 radical (unpaired) electrons. The molecule has 1 rings (SSSR count). The summed E-state index contributed by atoms with van der Waals surface area (Å²) in [6.07, 6.45) is 0. The Balaban J connectivity index is 3.04. The van der Waals surface area contributed by atoms with E-state index < -0.39 is 5.76 Å². The van der Waals surface area contributed by atoms with Crippen molar-refractivity contribution in [2.45, 2.75) is 26.3 Å². The maximum atomic E-state index is 11.0. The first-order valence-corrected chi connectivity index (χ1v) is 4.32. The van der Waals surface area contributed by atoms with Crippen LogP contribution in [0.3, 0.4) is 0 Å². The third-order valence-corrected chi connectivity index (χ3v) is 1.71. The van der Waals surface area contributed by atoms with Gasteiger partial charge in [0.25, 0.3) is 0 Å². The van der Waals surface area contributed by atoms with Gasteiger partial charge in [0.1, 0.15) is 0 Å². The predicted octanol–water partition coefficient (Wildman–Crippen LogP) is 1.20. The fourth-order valence-electron chi connectivity index (χ4n) is 0.985. The number of aromatic nitrogens is 2. The number of rotatable bonds is 3. The van der Waals surface area contributed by atoms with Crippen LogP contribution < -0.4 is 5.76 Å². The zero-order chi connectivity index (χ0) is 9.14. The number of alkyl halides is 1. The van der Waals surface area contributed by atoms with Crippen molar-refractivity contribution in [3.63, 3.8) is 0 Å². The van der Waals surface area contributed by atoms with E-state index in [1.807, 2.05) is 13.8 Å².